The summed E-state index contributed by atoms with van der Waals surface area (Å²) in [5.74, 6) is -0.470. The fourth-order valence-electron chi connectivity index (χ4n) is 4.12. The summed E-state index contributed by atoms with van der Waals surface area (Å²) in [6, 6.07) is 8.05. The molecule has 1 aromatic carbocycles. The lowest BCUT2D eigenvalue weighted by Gasteiger charge is -2.36. The molecule has 0 saturated carbocycles. The second kappa shape index (κ2) is 12.5. The molecule has 0 bridgehead atoms. The summed E-state index contributed by atoms with van der Waals surface area (Å²) in [7, 11) is 4.72. The molecular formula is C26H34N4O6. The summed E-state index contributed by atoms with van der Waals surface area (Å²) in [4.78, 5) is 46.2. The number of anilines is 1. The smallest absolute Gasteiger partial charge is 0.257 e. The molecule has 194 valence electrons. The number of likely N-dealkylation sites (N-methyl/N-ethyl adjacent to an activating group) is 1. The fourth-order valence-corrected chi connectivity index (χ4v) is 4.12. The van der Waals surface area contributed by atoms with E-state index in [-0.39, 0.29) is 49.0 Å². The van der Waals surface area contributed by atoms with Crippen LogP contribution in [0.2, 0.25) is 0 Å². The van der Waals surface area contributed by atoms with Crippen molar-refractivity contribution in [2.45, 2.75) is 26.0 Å². The van der Waals surface area contributed by atoms with E-state index in [1.54, 1.807) is 66.7 Å². The van der Waals surface area contributed by atoms with Gasteiger partial charge in [0, 0.05) is 58.4 Å². The quantitative estimate of drug-likeness (QED) is 0.674. The molecule has 10 nitrogen and oxygen atoms in total. The number of ether oxygens (including phenoxy) is 3. The molecule has 1 aliphatic rings. The van der Waals surface area contributed by atoms with E-state index in [9.17, 15) is 14.4 Å². The Morgan fingerprint density at radius 3 is 2.64 bits per heavy atom. The molecule has 0 saturated heterocycles. The number of benzene rings is 1. The van der Waals surface area contributed by atoms with Gasteiger partial charge in [-0.2, -0.15) is 0 Å². The average Bonchev–Trinajstić information content (AvgIpc) is 2.88. The number of nitrogens with one attached hydrogen (secondary N) is 1. The minimum Gasteiger partial charge on any atom is -0.491 e. The van der Waals surface area contributed by atoms with Gasteiger partial charge in [-0.1, -0.05) is 6.92 Å². The molecule has 1 N–H and O–H groups in total. The molecule has 1 aromatic heterocycles. The van der Waals surface area contributed by atoms with Crippen LogP contribution in [0.25, 0.3) is 0 Å². The zero-order valence-corrected chi connectivity index (χ0v) is 21.4. The van der Waals surface area contributed by atoms with E-state index < -0.39 is 0 Å². The van der Waals surface area contributed by atoms with Gasteiger partial charge in [0.25, 0.3) is 11.8 Å². The third-order valence-electron chi connectivity index (χ3n) is 6.17. The van der Waals surface area contributed by atoms with Crippen LogP contribution in [0.3, 0.4) is 0 Å². The number of amides is 3. The monoisotopic (exact) mass is 498 g/mol. The predicted octanol–water partition coefficient (Wildman–Crippen LogP) is 2.31. The van der Waals surface area contributed by atoms with E-state index >= 15 is 0 Å². The molecule has 3 atom stereocenters. The number of carbonyl (C=O) groups is 3. The number of fused-ring (bicyclic) bond motifs is 1. The van der Waals surface area contributed by atoms with Gasteiger partial charge in [0.2, 0.25) is 5.91 Å². The summed E-state index contributed by atoms with van der Waals surface area (Å²) in [6.45, 7) is 4.67. The molecule has 10 heteroatoms. The van der Waals surface area contributed by atoms with E-state index in [0.717, 1.165) is 0 Å². The summed E-state index contributed by atoms with van der Waals surface area (Å²) in [5, 5.41) is 2.72. The molecule has 3 amide bonds. The number of methoxy groups -OCH3 is 2. The van der Waals surface area contributed by atoms with Gasteiger partial charge in [-0.05, 0) is 37.3 Å². The Hall–Kier alpha value is -3.50. The fraction of sp³-hybridized carbons (Fsp3) is 0.462. The maximum Gasteiger partial charge on any atom is 0.257 e. The van der Waals surface area contributed by atoms with Crippen LogP contribution in [0.1, 0.15) is 34.6 Å². The first-order chi connectivity index (χ1) is 17.2. The van der Waals surface area contributed by atoms with Crippen LogP contribution in [0.5, 0.6) is 5.75 Å². The normalized spacial score (nSPS) is 21.0. The maximum absolute atomic E-state index is 13.4. The molecule has 0 spiro atoms. The molecule has 36 heavy (non-hydrogen) atoms. The molecule has 3 rings (SSSR count). The Morgan fingerprint density at radius 2 is 1.97 bits per heavy atom. The first-order valence-corrected chi connectivity index (χ1v) is 11.8. The van der Waals surface area contributed by atoms with Crippen LogP contribution < -0.4 is 10.1 Å². The molecule has 2 heterocycles. The highest BCUT2D eigenvalue weighted by atomic mass is 16.5. The number of hydrogen-bond donors (Lipinski definition) is 1. The summed E-state index contributed by atoms with van der Waals surface area (Å²) >= 11 is 0. The minimum atomic E-state index is -0.334. The van der Waals surface area contributed by atoms with Gasteiger partial charge in [0.1, 0.15) is 19.0 Å². The third kappa shape index (κ3) is 6.58. The maximum atomic E-state index is 13.4. The van der Waals surface area contributed by atoms with E-state index in [4.69, 9.17) is 14.2 Å². The van der Waals surface area contributed by atoms with Crippen LogP contribution >= 0.6 is 0 Å². The zero-order chi connectivity index (χ0) is 26.2. The van der Waals surface area contributed by atoms with Gasteiger partial charge in [0.05, 0.1) is 23.3 Å². The molecule has 1 aliphatic heterocycles. The lowest BCUT2D eigenvalue weighted by molar-refractivity contribution is -0.119. The summed E-state index contributed by atoms with van der Waals surface area (Å²) in [5.41, 5.74) is 1.24. The summed E-state index contributed by atoms with van der Waals surface area (Å²) < 4.78 is 16.7. The SMILES string of the molecule is COCC(=O)Nc1ccc2c(c1)C(=O)N(C)C[C@H](OC)[C@@H](C)CN(C(=O)c1cccnc1)[C@H](C)CO2. The highest BCUT2D eigenvalue weighted by Gasteiger charge is 2.31. The van der Waals surface area contributed by atoms with E-state index in [0.29, 0.717) is 35.7 Å². The summed E-state index contributed by atoms with van der Waals surface area (Å²) in [6.07, 6.45) is 2.86. The number of hydrogen-bond acceptors (Lipinski definition) is 7. The molecule has 0 fully saturated rings. The van der Waals surface area contributed by atoms with Crippen molar-refractivity contribution in [1.82, 2.24) is 14.8 Å². The largest absolute Gasteiger partial charge is 0.491 e. The molecule has 2 aromatic rings. The molecule has 0 aliphatic carbocycles. The lowest BCUT2D eigenvalue weighted by atomic mass is 10.0. The number of nitrogens with zero attached hydrogens (tertiary/aromatic N) is 3. The van der Waals surface area contributed by atoms with Crippen molar-refractivity contribution in [3.05, 3.63) is 53.9 Å². The Bertz CT molecular complexity index is 1060. The Kier molecular flexibility index (Phi) is 9.38. The van der Waals surface area contributed by atoms with E-state index in [2.05, 4.69) is 10.3 Å². The second-order valence-corrected chi connectivity index (χ2v) is 8.99. The van der Waals surface area contributed by atoms with Gasteiger partial charge in [-0.25, -0.2) is 0 Å². The van der Waals surface area contributed by atoms with Crippen molar-refractivity contribution in [2.75, 3.05) is 52.9 Å². The number of pyridine rings is 1. The van der Waals surface area contributed by atoms with Crippen molar-refractivity contribution in [1.29, 1.82) is 0 Å². The van der Waals surface area contributed by atoms with Crippen LogP contribution in [-0.2, 0) is 14.3 Å². The minimum absolute atomic E-state index is 0.0770. The number of rotatable bonds is 5. The van der Waals surface area contributed by atoms with Crippen LogP contribution in [0.15, 0.2) is 42.7 Å². The Labute approximate surface area is 211 Å². The van der Waals surface area contributed by atoms with E-state index in [1.165, 1.54) is 7.11 Å². The highest BCUT2D eigenvalue weighted by Crippen LogP contribution is 2.27. The van der Waals surface area contributed by atoms with Gasteiger partial charge in [0.15, 0.2) is 0 Å². The van der Waals surface area contributed by atoms with Gasteiger partial charge < -0.3 is 29.3 Å². The Morgan fingerprint density at radius 1 is 1.19 bits per heavy atom. The number of aromatic nitrogens is 1. The first kappa shape index (κ1) is 27.1. The average molecular weight is 499 g/mol. The van der Waals surface area contributed by atoms with Gasteiger partial charge in [-0.15, -0.1) is 0 Å². The van der Waals surface area contributed by atoms with Crippen LogP contribution in [0.4, 0.5) is 5.69 Å². The highest BCUT2D eigenvalue weighted by molar-refractivity contribution is 5.99. The number of carbonyl (C=O) groups excluding carboxylic acids is 3. The van der Waals surface area contributed by atoms with Crippen molar-refractivity contribution < 1.29 is 28.6 Å². The van der Waals surface area contributed by atoms with Crippen LogP contribution in [0, 0.1) is 5.92 Å². The zero-order valence-electron chi connectivity index (χ0n) is 21.4. The molecular weight excluding hydrogens is 464 g/mol. The Balaban J connectivity index is 1.96. The van der Waals surface area contributed by atoms with Crippen molar-refractivity contribution in [3.8, 4) is 5.75 Å². The van der Waals surface area contributed by atoms with Crippen molar-refractivity contribution in [2.24, 2.45) is 5.92 Å². The third-order valence-corrected chi connectivity index (χ3v) is 6.17. The van der Waals surface area contributed by atoms with Crippen molar-refractivity contribution >= 4 is 23.4 Å². The second-order valence-electron chi connectivity index (χ2n) is 8.99. The standard InChI is InChI=1S/C26H34N4O6/c1-17-13-30(25(32)19-7-6-10-27-12-19)18(2)15-36-22-9-8-20(28-24(31)16-34-4)11-21(22)26(33)29(3)14-23(17)35-5/h6-12,17-18,23H,13-16H2,1-5H3,(H,28,31)/t17-,18+,23-/m0/s1. The topological polar surface area (TPSA) is 110 Å². The first-order valence-electron chi connectivity index (χ1n) is 11.8. The van der Waals surface area contributed by atoms with Gasteiger partial charge in [-0.3, -0.25) is 19.4 Å². The lowest BCUT2D eigenvalue weighted by Crippen LogP contribution is -2.48. The molecule has 0 radical (unpaired) electrons. The predicted molar refractivity (Wildman–Crippen MR) is 134 cm³/mol. The van der Waals surface area contributed by atoms with E-state index in [1.807, 2.05) is 13.8 Å². The van der Waals surface area contributed by atoms with Gasteiger partial charge >= 0.3 is 0 Å². The molecule has 0 unspecified atom stereocenters. The van der Waals surface area contributed by atoms with Crippen LogP contribution in [-0.4, -0.2) is 92.2 Å². The van der Waals surface area contributed by atoms with Crippen molar-refractivity contribution in [3.63, 3.8) is 0 Å².